The lowest BCUT2D eigenvalue weighted by atomic mass is 10.0. The number of hydrogen-bond donors (Lipinski definition) is 4. The smallest absolute Gasteiger partial charge is 0.349 e. The standard InChI is InChI=1S/C37H58N4O7/c1-6-8-10-12-14-16-22-38-32(42)21-20-30(35(44)39-23-17-15-13-11-9-7-2)40-36(45)33(26(3)4)41-34(43)29-24-27-18-19-28(47-5)25-31(27)48-37(29)46/h18-19,24-26,30,33H,6-17,20-23H2,1-5H3,(H,38,42)(H,39,44)(H,40,45)(H,41,43)/t30-,33-/m0/s1. The third kappa shape index (κ3) is 14.5. The van der Waals surface area contributed by atoms with Crippen LogP contribution in [0.15, 0.2) is 33.5 Å². The maximum Gasteiger partial charge on any atom is 0.349 e. The molecule has 11 nitrogen and oxygen atoms in total. The zero-order valence-electron chi connectivity index (χ0n) is 29.7. The number of carbonyl (C=O) groups excluding carboxylic acids is 4. The Morgan fingerprint density at radius 2 is 1.38 bits per heavy atom. The van der Waals surface area contributed by atoms with E-state index in [0.717, 1.165) is 51.4 Å². The molecule has 11 heteroatoms. The predicted octanol–water partition coefficient (Wildman–Crippen LogP) is 5.77. The first-order valence-electron chi connectivity index (χ1n) is 17.9. The average molecular weight is 671 g/mol. The summed E-state index contributed by atoms with van der Waals surface area (Å²) in [6.07, 6.45) is 13.3. The van der Waals surface area contributed by atoms with Gasteiger partial charge in [0.05, 0.1) is 7.11 Å². The van der Waals surface area contributed by atoms with E-state index < -0.39 is 29.5 Å². The monoisotopic (exact) mass is 670 g/mol. The zero-order chi connectivity index (χ0) is 35.3. The molecule has 0 fully saturated rings. The number of nitrogens with one attached hydrogen (secondary N) is 4. The number of fused-ring (bicyclic) bond motifs is 1. The Kier molecular flexibility index (Phi) is 19.0. The Bertz CT molecular complexity index is 1360. The minimum absolute atomic E-state index is 0.0623. The first-order valence-corrected chi connectivity index (χ1v) is 17.9. The number of hydrogen-bond acceptors (Lipinski definition) is 7. The van der Waals surface area contributed by atoms with E-state index in [2.05, 4.69) is 35.1 Å². The number of unbranched alkanes of at least 4 members (excludes halogenated alkanes) is 10. The second-order valence-corrected chi connectivity index (χ2v) is 12.8. The van der Waals surface area contributed by atoms with E-state index in [9.17, 15) is 24.0 Å². The molecule has 1 aromatic heterocycles. The summed E-state index contributed by atoms with van der Waals surface area (Å²) in [5.41, 5.74) is -0.837. The Morgan fingerprint density at radius 1 is 0.771 bits per heavy atom. The molecule has 0 aliphatic rings. The van der Waals surface area contributed by atoms with Crippen LogP contribution in [-0.2, 0) is 14.4 Å². The maximum absolute atomic E-state index is 13.6. The van der Waals surface area contributed by atoms with Crippen LogP contribution in [0.1, 0.15) is 128 Å². The molecule has 0 spiro atoms. The highest BCUT2D eigenvalue weighted by molar-refractivity contribution is 6.00. The van der Waals surface area contributed by atoms with Crippen LogP contribution < -0.4 is 31.6 Å². The maximum atomic E-state index is 13.6. The van der Waals surface area contributed by atoms with E-state index in [-0.39, 0.29) is 41.7 Å². The summed E-state index contributed by atoms with van der Waals surface area (Å²) in [5.74, 6) is -1.78. The highest BCUT2D eigenvalue weighted by atomic mass is 16.5. The minimum Gasteiger partial charge on any atom is -0.497 e. The fraction of sp³-hybridized carbons (Fsp3) is 0.649. The molecule has 48 heavy (non-hydrogen) atoms. The third-order valence-electron chi connectivity index (χ3n) is 8.40. The van der Waals surface area contributed by atoms with E-state index >= 15 is 0 Å². The Labute approximate surface area is 285 Å². The molecule has 1 aromatic carbocycles. The average Bonchev–Trinajstić information content (AvgIpc) is 3.07. The van der Waals surface area contributed by atoms with Gasteiger partial charge in [0.15, 0.2) is 0 Å². The van der Waals surface area contributed by atoms with Crippen molar-refractivity contribution >= 4 is 34.6 Å². The molecule has 1 heterocycles. The second kappa shape index (κ2) is 22.6. The van der Waals surface area contributed by atoms with Crippen LogP contribution in [-0.4, -0.2) is 55.9 Å². The van der Waals surface area contributed by atoms with Crippen LogP contribution in [0.5, 0.6) is 5.75 Å². The first kappa shape index (κ1) is 40.3. The molecule has 2 aromatic rings. The summed E-state index contributed by atoms with van der Waals surface area (Å²) in [5, 5.41) is 11.8. The Balaban J connectivity index is 2.06. The first-order chi connectivity index (χ1) is 23.1. The number of benzene rings is 1. The van der Waals surface area contributed by atoms with Gasteiger partial charge in [0.2, 0.25) is 17.7 Å². The molecule has 4 amide bonds. The van der Waals surface area contributed by atoms with Gasteiger partial charge in [-0.15, -0.1) is 0 Å². The SMILES string of the molecule is CCCCCCCCNC(=O)CC[C@H](NC(=O)[C@@H](NC(=O)c1cc2ccc(OC)cc2oc1=O)C(C)C)C(=O)NCCCCCCCC. The lowest BCUT2D eigenvalue weighted by molar-refractivity contribution is -0.131. The summed E-state index contributed by atoms with van der Waals surface area (Å²) in [7, 11) is 1.49. The quantitative estimate of drug-likeness (QED) is 0.0816. The van der Waals surface area contributed by atoms with E-state index in [1.54, 1.807) is 32.0 Å². The summed E-state index contributed by atoms with van der Waals surface area (Å²) < 4.78 is 10.5. The molecule has 4 N–H and O–H groups in total. The highest BCUT2D eigenvalue weighted by Crippen LogP contribution is 2.20. The van der Waals surface area contributed by atoms with Crippen molar-refractivity contribution in [1.82, 2.24) is 21.3 Å². The molecular formula is C37H58N4O7. The molecule has 2 atom stereocenters. The van der Waals surface area contributed by atoms with Crippen molar-refractivity contribution in [3.8, 4) is 5.75 Å². The van der Waals surface area contributed by atoms with Gasteiger partial charge in [-0.05, 0) is 43.4 Å². The summed E-state index contributed by atoms with van der Waals surface area (Å²) in [6.45, 7) is 8.89. The predicted molar refractivity (Wildman–Crippen MR) is 189 cm³/mol. The Morgan fingerprint density at radius 3 is 1.98 bits per heavy atom. The summed E-state index contributed by atoms with van der Waals surface area (Å²) >= 11 is 0. The summed E-state index contributed by atoms with van der Waals surface area (Å²) in [4.78, 5) is 65.4. The molecule has 0 bridgehead atoms. The largest absolute Gasteiger partial charge is 0.497 e. The number of methoxy groups -OCH3 is 1. The van der Waals surface area contributed by atoms with Crippen LogP contribution in [0.3, 0.4) is 0 Å². The van der Waals surface area contributed by atoms with Crippen molar-refractivity contribution in [3.05, 3.63) is 40.2 Å². The number of ether oxygens (including phenoxy) is 1. The number of rotatable bonds is 24. The highest BCUT2D eigenvalue weighted by Gasteiger charge is 2.30. The molecule has 2 rings (SSSR count). The lowest BCUT2D eigenvalue weighted by Gasteiger charge is -2.25. The fourth-order valence-electron chi connectivity index (χ4n) is 5.40. The fourth-order valence-corrected chi connectivity index (χ4v) is 5.40. The van der Waals surface area contributed by atoms with Crippen molar-refractivity contribution in [2.75, 3.05) is 20.2 Å². The zero-order valence-corrected chi connectivity index (χ0v) is 29.7. The van der Waals surface area contributed by atoms with Crippen LogP contribution in [0.25, 0.3) is 11.0 Å². The minimum atomic E-state index is -1.06. The van der Waals surface area contributed by atoms with Gasteiger partial charge in [0, 0.05) is 31.0 Å². The van der Waals surface area contributed by atoms with Gasteiger partial charge in [-0.3, -0.25) is 19.2 Å². The molecule has 268 valence electrons. The van der Waals surface area contributed by atoms with E-state index in [0.29, 0.717) is 24.2 Å². The van der Waals surface area contributed by atoms with Gasteiger partial charge in [0.25, 0.3) is 5.91 Å². The second-order valence-electron chi connectivity index (χ2n) is 12.8. The van der Waals surface area contributed by atoms with Gasteiger partial charge in [-0.25, -0.2) is 4.79 Å². The van der Waals surface area contributed by atoms with Crippen LogP contribution in [0, 0.1) is 5.92 Å². The molecule has 0 saturated heterocycles. The van der Waals surface area contributed by atoms with Crippen LogP contribution in [0.2, 0.25) is 0 Å². The number of amides is 4. The van der Waals surface area contributed by atoms with Crippen molar-refractivity contribution in [1.29, 1.82) is 0 Å². The van der Waals surface area contributed by atoms with E-state index in [4.69, 9.17) is 9.15 Å². The molecular weight excluding hydrogens is 612 g/mol. The van der Waals surface area contributed by atoms with E-state index in [1.165, 1.54) is 38.9 Å². The Hall–Kier alpha value is -3.89. The molecule has 0 saturated carbocycles. The molecule has 0 radical (unpaired) electrons. The van der Waals surface area contributed by atoms with E-state index in [1.807, 2.05) is 0 Å². The van der Waals surface area contributed by atoms with Crippen LogP contribution >= 0.6 is 0 Å². The van der Waals surface area contributed by atoms with Gasteiger partial charge in [0.1, 0.15) is 29.0 Å². The summed E-state index contributed by atoms with van der Waals surface area (Å²) in [6, 6.07) is 4.28. The van der Waals surface area contributed by atoms with Gasteiger partial charge in [-0.2, -0.15) is 0 Å². The van der Waals surface area contributed by atoms with Crippen molar-refractivity contribution < 1.29 is 28.3 Å². The van der Waals surface area contributed by atoms with Gasteiger partial charge >= 0.3 is 5.63 Å². The van der Waals surface area contributed by atoms with Crippen molar-refractivity contribution in [3.63, 3.8) is 0 Å². The van der Waals surface area contributed by atoms with Crippen molar-refractivity contribution in [2.45, 2.75) is 130 Å². The molecule has 0 unspecified atom stereocenters. The van der Waals surface area contributed by atoms with Gasteiger partial charge in [-0.1, -0.05) is 91.9 Å². The normalized spacial score (nSPS) is 12.4. The molecule has 0 aliphatic heterocycles. The number of carbonyl (C=O) groups is 4. The van der Waals surface area contributed by atoms with Crippen LogP contribution in [0.4, 0.5) is 0 Å². The topological polar surface area (TPSA) is 156 Å². The van der Waals surface area contributed by atoms with Crippen molar-refractivity contribution in [2.24, 2.45) is 5.92 Å². The van der Waals surface area contributed by atoms with Gasteiger partial charge < -0.3 is 30.4 Å². The lowest BCUT2D eigenvalue weighted by Crippen LogP contribution is -2.55. The molecule has 0 aliphatic carbocycles. The third-order valence-corrected chi connectivity index (χ3v) is 8.40.